The normalized spacial score (nSPS) is 34.4. The highest BCUT2D eigenvalue weighted by molar-refractivity contribution is 5.29. The second-order valence-corrected chi connectivity index (χ2v) is 5.80. The minimum Gasteiger partial charge on any atom is -0.392 e. The van der Waals surface area contributed by atoms with E-state index in [9.17, 15) is 5.11 Å². The van der Waals surface area contributed by atoms with E-state index in [1.165, 1.54) is 30.4 Å². The maximum absolute atomic E-state index is 9.18. The smallest absolute Gasteiger partial charge is 0.0641 e. The summed E-state index contributed by atoms with van der Waals surface area (Å²) in [7, 11) is 0. The van der Waals surface area contributed by atoms with E-state index in [4.69, 9.17) is 0 Å². The van der Waals surface area contributed by atoms with Crippen LogP contribution in [0, 0.1) is 11.3 Å². The molecule has 0 radical (unpaired) electrons. The van der Waals surface area contributed by atoms with Crippen molar-refractivity contribution in [2.24, 2.45) is 11.3 Å². The largest absolute Gasteiger partial charge is 0.392 e. The first-order chi connectivity index (χ1) is 7.60. The van der Waals surface area contributed by atoms with Crippen LogP contribution in [0.3, 0.4) is 0 Å². The molecule has 1 saturated carbocycles. The van der Waals surface area contributed by atoms with E-state index in [-0.39, 0.29) is 6.61 Å². The lowest BCUT2D eigenvalue weighted by molar-refractivity contribution is 0.225. The van der Waals surface area contributed by atoms with Crippen LogP contribution in [0.2, 0.25) is 0 Å². The molecular weight excluding hydrogens is 196 g/mol. The lowest BCUT2D eigenvalue weighted by atomic mass is 9.66. The Hall–Kier alpha value is -0.560. The number of hydrogen-bond donors (Lipinski definition) is 1. The van der Waals surface area contributed by atoms with Crippen LogP contribution in [0.25, 0.3) is 0 Å². The summed E-state index contributed by atoms with van der Waals surface area (Å²) < 4.78 is 0. The van der Waals surface area contributed by atoms with Crippen LogP contribution < -0.4 is 0 Å². The van der Waals surface area contributed by atoms with Gasteiger partial charge in [-0.05, 0) is 62.9 Å². The molecule has 0 heterocycles. The van der Waals surface area contributed by atoms with Gasteiger partial charge in [0.05, 0.1) is 6.61 Å². The molecule has 90 valence electrons. The molecule has 0 aromatic rings. The van der Waals surface area contributed by atoms with Crippen LogP contribution in [0.15, 0.2) is 22.8 Å². The SMILES string of the molecule is CC(C)=C1CC[C@@H](C)[C@]12CC=C(CO)CC2. The molecule has 1 spiro atoms. The molecule has 2 rings (SSSR count). The van der Waals surface area contributed by atoms with Gasteiger partial charge in [0.15, 0.2) is 0 Å². The third-order valence-electron chi connectivity index (χ3n) is 4.83. The highest BCUT2D eigenvalue weighted by atomic mass is 16.3. The fraction of sp³-hybridized carbons (Fsp3) is 0.733. The third-order valence-corrected chi connectivity index (χ3v) is 4.83. The first-order valence-corrected chi connectivity index (χ1v) is 6.56. The summed E-state index contributed by atoms with van der Waals surface area (Å²) in [4.78, 5) is 0. The number of aliphatic hydroxyl groups excluding tert-OH is 1. The number of allylic oxidation sites excluding steroid dienone is 3. The van der Waals surface area contributed by atoms with E-state index in [1.54, 1.807) is 5.57 Å². The minimum atomic E-state index is 0.259. The van der Waals surface area contributed by atoms with Crippen molar-refractivity contribution in [2.45, 2.75) is 52.9 Å². The van der Waals surface area contributed by atoms with Gasteiger partial charge in [-0.15, -0.1) is 0 Å². The number of rotatable bonds is 1. The number of aliphatic hydroxyl groups is 1. The molecule has 0 aromatic carbocycles. The molecule has 2 aliphatic rings. The maximum Gasteiger partial charge on any atom is 0.0641 e. The molecule has 2 atom stereocenters. The van der Waals surface area contributed by atoms with Gasteiger partial charge >= 0.3 is 0 Å². The predicted octanol–water partition coefficient (Wildman–Crippen LogP) is 3.84. The minimum absolute atomic E-state index is 0.259. The summed E-state index contributed by atoms with van der Waals surface area (Å²) in [6.07, 6.45) is 8.45. The van der Waals surface area contributed by atoms with Crippen LogP contribution in [-0.2, 0) is 0 Å². The van der Waals surface area contributed by atoms with Gasteiger partial charge in [0, 0.05) is 0 Å². The topological polar surface area (TPSA) is 20.2 Å². The van der Waals surface area contributed by atoms with Crippen molar-refractivity contribution in [3.63, 3.8) is 0 Å². The fourth-order valence-corrected chi connectivity index (χ4v) is 3.71. The molecule has 16 heavy (non-hydrogen) atoms. The van der Waals surface area contributed by atoms with Gasteiger partial charge in [-0.25, -0.2) is 0 Å². The fourth-order valence-electron chi connectivity index (χ4n) is 3.71. The van der Waals surface area contributed by atoms with E-state index in [0.717, 1.165) is 18.8 Å². The third kappa shape index (κ3) is 1.75. The molecule has 2 aliphatic carbocycles. The Morgan fingerprint density at radius 2 is 2.19 bits per heavy atom. The summed E-state index contributed by atoms with van der Waals surface area (Å²) in [5.41, 5.74) is 4.94. The van der Waals surface area contributed by atoms with Crippen molar-refractivity contribution in [3.05, 3.63) is 22.8 Å². The van der Waals surface area contributed by atoms with E-state index >= 15 is 0 Å². The van der Waals surface area contributed by atoms with Gasteiger partial charge in [0.1, 0.15) is 0 Å². The average Bonchev–Trinajstić information content (AvgIpc) is 2.58. The molecule has 0 unspecified atom stereocenters. The first-order valence-electron chi connectivity index (χ1n) is 6.56. The first kappa shape index (κ1) is 11.9. The molecule has 0 saturated heterocycles. The van der Waals surface area contributed by atoms with E-state index in [0.29, 0.717) is 5.41 Å². The lowest BCUT2D eigenvalue weighted by Crippen LogP contribution is -2.28. The monoisotopic (exact) mass is 220 g/mol. The zero-order valence-electron chi connectivity index (χ0n) is 10.8. The van der Waals surface area contributed by atoms with Gasteiger partial charge in [-0.2, -0.15) is 0 Å². The molecule has 0 amide bonds. The highest BCUT2D eigenvalue weighted by Crippen LogP contribution is 2.56. The second-order valence-electron chi connectivity index (χ2n) is 5.80. The van der Waals surface area contributed by atoms with Crippen molar-refractivity contribution in [1.82, 2.24) is 0 Å². The van der Waals surface area contributed by atoms with Gasteiger partial charge in [0.2, 0.25) is 0 Å². The molecule has 1 heteroatoms. The van der Waals surface area contributed by atoms with Gasteiger partial charge < -0.3 is 5.11 Å². The Morgan fingerprint density at radius 1 is 1.44 bits per heavy atom. The summed E-state index contributed by atoms with van der Waals surface area (Å²) in [5.74, 6) is 0.814. The zero-order chi connectivity index (χ0) is 11.8. The highest BCUT2D eigenvalue weighted by Gasteiger charge is 2.44. The Kier molecular flexibility index (Phi) is 3.25. The van der Waals surface area contributed by atoms with Gasteiger partial charge in [0.25, 0.3) is 0 Å². The van der Waals surface area contributed by atoms with Crippen molar-refractivity contribution < 1.29 is 5.11 Å². The van der Waals surface area contributed by atoms with E-state index in [1.807, 2.05) is 0 Å². The summed E-state index contributed by atoms with van der Waals surface area (Å²) >= 11 is 0. The summed E-state index contributed by atoms with van der Waals surface area (Å²) in [6, 6.07) is 0. The Balaban J connectivity index is 2.30. The van der Waals surface area contributed by atoms with Crippen molar-refractivity contribution in [2.75, 3.05) is 6.61 Å². The van der Waals surface area contributed by atoms with Crippen LogP contribution in [0.1, 0.15) is 52.9 Å². The predicted molar refractivity (Wildman–Crippen MR) is 68.2 cm³/mol. The van der Waals surface area contributed by atoms with Crippen LogP contribution in [0.4, 0.5) is 0 Å². The van der Waals surface area contributed by atoms with Crippen molar-refractivity contribution >= 4 is 0 Å². The maximum atomic E-state index is 9.18. The Labute approximate surface area is 99.3 Å². The van der Waals surface area contributed by atoms with Gasteiger partial charge in [-0.1, -0.05) is 24.1 Å². The van der Waals surface area contributed by atoms with Crippen molar-refractivity contribution in [1.29, 1.82) is 0 Å². The average molecular weight is 220 g/mol. The second kappa shape index (κ2) is 4.37. The van der Waals surface area contributed by atoms with Gasteiger partial charge in [-0.3, -0.25) is 0 Å². The molecule has 1 fully saturated rings. The summed E-state index contributed by atoms with van der Waals surface area (Å²) in [6.45, 7) is 7.20. The van der Waals surface area contributed by atoms with E-state index in [2.05, 4.69) is 26.8 Å². The number of hydrogen-bond acceptors (Lipinski definition) is 1. The van der Waals surface area contributed by atoms with E-state index < -0.39 is 0 Å². The van der Waals surface area contributed by atoms with Crippen LogP contribution in [-0.4, -0.2) is 11.7 Å². The quantitative estimate of drug-likeness (QED) is 0.666. The molecule has 0 aliphatic heterocycles. The standard InChI is InChI=1S/C15H24O/c1-11(2)14-5-4-12(3)15(14)8-6-13(10-16)7-9-15/h6,12,16H,4-5,7-10H2,1-3H3/t12-,15-/m1/s1. The molecule has 1 nitrogen and oxygen atoms in total. The van der Waals surface area contributed by atoms with Crippen molar-refractivity contribution in [3.8, 4) is 0 Å². The summed E-state index contributed by atoms with van der Waals surface area (Å²) in [5, 5.41) is 9.18. The Bertz CT molecular complexity index is 333. The van der Waals surface area contributed by atoms with Crippen LogP contribution in [0.5, 0.6) is 0 Å². The molecule has 0 bridgehead atoms. The lowest BCUT2D eigenvalue weighted by Gasteiger charge is -2.39. The molecule has 0 aromatic heterocycles. The van der Waals surface area contributed by atoms with Crippen LogP contribution >= 0.6 is 0 Å². The molecular formula is C15H24O. The molecule has 1 N–H and O–H groups in total. The zero-order valence-corrected chi connectivity index (χ0v) is 10.8. The Morgan fingerprint density at radius 3 is 2.69 bits per heavy atom.